The second-order valence-corrected chi connectivity index (χ2v) is 5.71. The number of rotatable bonds is 6. The van der Waals surface area contributed by atoms with Crippen LogP contribution in [0.15, 0.2) is 24.3 Å². The van der Waals surface area contributed by atoms with Gasteiger partial charge in [0.2, 0.25) is 0 Å². The van der Waals surface area contributed by atoms with E-state index < -0.39 is 0 Å². The zero-order valence-corrected chi connectivity index (χ0v) is 12.4. The van der Waals surface area contributed by atoms with E-state index in [1.54, 1.807) is 7.11 Å². The molecule has 0 amide bonds. The summed E-state index contributed by atoms with van der Waals surface area (Å²) in [5, 5.41) is 3.67. The highest BCUT2D eigenvalue weighted by atomic mass is 16.5. The van der Waals surface area contributed by atoms with Crippen LogP contribution in [0.25, 0.3) is 0 Å². The summed E-state index contributed by atoms with van der Waals surface area (Å²) in [7, 11) is 1.74. The van der Waals surface area contributed by atoms with Crippen LogP contribution >= 0.6 is 0 Å². The van der Waals surface area contributed by atoms with E-state index >= 15 is 0 Å². The van der Waals surface area contributed by atoms with E-state index in [9.17, 15) is 0 Å². The second-order valence-electron chi connectivity index (χ2n) is 5.71. The van der Waals surface area contributed by atoms with Gasteiger partial charge in [-0.3, -0.25) is 4.90 Å². The summed E-state index contributed by atoms with van der Waals surface area (Å²) in [4.78, 5) is 2.54. The Bertz CT molecular complexity index is 392. The van der Waals surface area contributed by atoms with Gasteiger partial charge in [-0.05, 0) is 37.9 Å². The number of likely N-dealkylation sites (tertiary alicyclic amines) is 1. The smallest absolute Gasteiger partial charge is 0.0713 e. The van der Waals surface area contributed by atoms with Crippen LogP contribution in [0.3, 0.4) is 0 Å². The van der Waals surface area contributed by atoms with Gasteiger partial charge >= 0.3 is 0 Å². The maximum Gasteiger partial charge on any atom is 0.0713 e. The number of hydrogen-bond donors (Lipinski definition) is 1. The van der Waals surface area contributed by atoms with Crippen molar-refractivity contribution in [2.24, 2.45) is 0 Å². The Morgan fingerprint density at radius 1 is 1.37 bits per heavy atom. The van der Waals surface area contributed by atoms with E-state index in [4.69, 9.17) is 4.74 Å². The van der Waals surface area contributed by atoms with Crippen molar-refractivity contribution in [2.45, 2.75) is 45.5 Å². The topological polar surface area (TPSA) is 24.5 Å². The lowest BCUT2D eigenvalue weighted by Gasteiger charge is -2.20. The molecule has 0 aromatic heterocycles. The van der Waals surface area contributed by atoms with Crippen LogP contribution in [0.5, 0.6) is 0 Å². The van der Waals surface area contributed by atoms with Crippen LogP contribution in [0, 0.1) is 0 Å². The largest absolute Gasteiger partial charge is 0.380 e. The molecule has 1 heterocycles. The van der Waals surface area contributed by atoms with E-state index in [1.807, 2.05) is 0 Å². The minimum Gasteiger partial charge on any atom is -0.380 e. The van der Waals surface area contributed by atoms with E-state index in [0.29, 0.717) is 18.7 Å². The molecule has 1 aromatic carbocycles. The average molecular weight is 262 g/mol. The molecule has 0 radical (unpaired) electrons. The van der Waals surface area contributed by atoms with E-state index in [0.717, 1.165) is 6.54 Å². The first-order chi connectivity index (χ1) is 9.19. The third kappa shape index (κ3) is 4.30. The van der Waals surface area contributed by atoms with Crippen molar-refractivity contribution in [2.75, 3.05) is 20.2 Å². The van der Waals surface area contributed by atoms with Crippen LogP contribution < -0.4 is 5.32 Å². The molecular formula is C16H26N2O. The van der Waals surface area contributed by atoms with Gasteiger partial charge in [0, 0.05) is 32.3 Å². The summed E-state index contributed by atoms with van der Waals surface area (Å²) in [5.74, 6) is 0. The van der Waals surface area contributed by atoms with Gasteiger partial charge in [-0.25, -0.2) is 0 Å². The van der Waals surface area contributed by atoms with E-state index in [-0.39, 0.29) is 0 Å². The molecule has 1 aliphatic rings. The maximum absolute atomic E-state index is 5.17. The van der Waals surface area contributed by atoms with Crippen LogP contribution in [-0.2, 0) is 17.9 Å². The number of methoxy groups -OCH3 is 1. The molecule has 0 saturated carbocycles. The molecule has 1 aromatic rings. The van der Waals surface area contributed by atoms with Crippen molar-refractivity contribution >= 4 is 0 Å². The SMILES string of the molecule is COCc1cccc(CNC2CCN(C(C)C)C2)c1. The summed E-state index contributed by atoms with van der Waals surface area (Å²) in [6, 6.07) is 9.93. The standard InChI is InChI=1S/C16H26N2O/c1-13(2)18-8-7-16(11-18)17-10-14-5-4-6-15(9-14)12-19-3/h4-6,9,13,16-17H,7-8,10-12H2,1-3H3. The summed E-state index contributed by atoms with van der Waals surface area (Å²) in [6.45, 7) is 8.59. The molecule has 106 valence electrons. The first kappa shape index (κ1) is 14.5. The Morgan fingerprint density at radius 2 is 2.16 bits per heavy atom. The van der Waals surface area contributed by atoms with Crippen molar-refractivity contribution in [3.63, 3.8) is 0 Å². The summed E-state index contributed by atoms with van der Waals surface area (Å²) in [6.07, 6.45) is 1.26. The fourth-order valence-corrected chi connectivity index (χ4v) is 2.68. The predicted octanol–water partition coefficient (Wildman–Crippen LogP) is 2.41. The Hall–Kier alpha value is -0.900. The van der Waals surface area contributed by atoms with Crippen LogP contribution in [-0.4, -0.2) is 37.2 Å². The molecule has 0 aliphatic carbocycles. The number of benzene rings is 1. The molecule has 3 nitrogen and oxygen atoms in total. The maximum atomic E-state index is 5.17. The molecule has 1 N–H and O–H groups in total. The van der Waals surface area contributed by atoms with Crippen LogP contribution in [0.1, 0.15) is 31.4 Å². The molecule has 1 atom stereocenters. The minimum atomic E-state index is 0.633. The number of nitrogens with one attached hydrogen (secondary N) is 1. The molecule has 19 heavy (non-hydrogen) atoms. The van der Waals surface area contributed by atoms with Gasteiger partial charge in [-0.15, -0.1) is 0 Å². The molecule has 2 rings (SSSR count). The first-order valence-electron chi connectivity index (χ1n) is 7.23. The van der Waals surface area contributed by atoms with Crippen molar-refractivity contribution < 1.29 is 4.74 Å². The lowest BCUT2D eigenvalue weighted by atomic mass is 10.1. The number of nitrogens with zero attached hydrogens (tertiary/aromatic N) is 1. The third-order valence-electron chi connectivity index (χ3n) is 3.85. The van der Waals surface area contributed by atoms with Crippen molar-refractivity contribution in [3.8, 4) is 0 Å². The summed E-state index contributed by atoms with van der Waals surface area (Å²) in [5.41, 5.74) is 2.59. The van der Waals surface area contributed by atoms with E-state index in [2.05, 4.69) is 48.3 Å². The van der Waals surface area contributed by atoms with Gasteiger partial charge in [0.15, 0.2) is 0 Å². The lowest BCUT2D eigenvalue weighted by Crippen LogP contribution is -2.34. The molecule has 0 bridgehead atoms. The highest BCUT2D eigenvalue weighted by Gasteiger charge is 2.23. The Balaban J connectivity index is 1.81. The molecule has 1 aliphatic heterocycles. The minimum absolute atomic E-state index is 0.633. The van der Waals surface area contributed by atoms with Crippen molar-refractivity contribution in [1.29, 1.82) is 0 Å². The number of ether oxygens (including phenoxy) is 1. The van der Waals surface area contributed by atoms with Crippen molar-refractivity contribution in [3.05, 3.63) is 35.4 Å². The molecule has 1 unspecified atom stereocenters. The highest BCUT2D eigenvalue weighted by Crippen LogP contribution is 2.13. The van der Waals surface area contributed by atoms with Gasteiger partial charge in [-0.2, -0.15) is 0 Å². The molecule has 0 spiro atoms. The average Bonchev–Trinajstić information content (AvgIpc) is 2.86. The van der Waals surface area contributed by atoms with E-state index in [1.165, 1.54) is 30.6 Å². The molecule has 1 fully saturated rings. The van der Waals surface area contributed by atoms with Gasteiger partial charge in [0.1, 0.15) is 0 Å². The monoisotopic (exact) mass is 262 g/mol. The Morgan fingerprint density at radius 3 is 2.84 bits per heavy atom. The number of hydrogen-bond acceptors (Lipinski definition) is 3. The fraction of sp³-hybridized carbons (Fsp3) is 0.625. The van der Waals surface area contributed by atoms with Gasteiger partial charge in [0.25, 0.3) is 0 Å². The van der Waals surface area contributed by atoms with Gasteiger partial charge in [-0.1, -0.05) is 24.3 Å². The second kappa shape index (κ2) is 7.04. The highest BCUT2D eigenvalue weighted by molar-refractivity contribution is 5.23. The van der Waals surface area contributed by atoms with Crippen LogP contribution in [0.4, 0.5) is 0 Å². The zero-order valence-electron chi connectivity index (χ0n) is 12.4. The first-order valence-corrected chi connectivity index (χ1v) is 7.23. The molecular weight excluding hydrogens is 236 g/mol. The van der Waals surface area contributed by atoms with Crippen LogP contribution in [0.2, 0.25) is 0 Å². The van der Waals surface area contributed by atoms with Crippen molar-refractivity contribution in [1.82, 2.24) is 10.2 Å². The van der Waals surface area contributed by atoms with Gasteiger partial charge in [0.05, 0.1) is 6.61 Å². The fourth-order valence-electron chi connectivity index (χ4n) is 2.68. The third-order valence-corrected chi connectivity index (χ3v) is 3.85. The quantitative estimate of drug-likeness (QED) is 0.852. The summed E-state index contributed by atoms with van der Waals surface area (Å²) < 4.78 is 5.17. The molecule has 3 heteroatoms. The Kier molecular flexibility index (Phi) is 5.37. The Labute approximate surface area is 116 Å². The molecule has 1 saturated heterocycles. The lowest BCUT2D eigenvalue weighted by molar-refractivity contribution is 0.185. The normalized spacial score (nSPS) is 20.3. The predicted molar refractivity (Wildman–Crippen MR) is 79.1 cm³/mol. The summed E-state index contributed by atoms with van der Waals surface area (Å²) >= 11 is 0. The van der Waals surface area contributed by atoms with Gasteiger partial charge < -0.3 is 10.1 Å². The zero-order chi connectivity index (χ0) is 13.7.